The highest BCUT2D eigenvalue weighted by atomic mass is 32.1. The molecule has 2 aromatic rings. The molecule has 8 nitrogen and oxygen atoms in total. The molecular weight excluding hydrogens is 473 g/mol. The van der Waals surface area contributed by atoms with E-state index >= 15 is 0 Å². The number of piperidine rings is 1. The molecule has 1 unspecified atom stereocenters. The number of carbonyl (C=O) groups is 1. The van der Waals surface area contributed by atoms with Gasteiger partial charge in [0.1, 0.15) is 10.5 Å². The third-order valence-electron chi connectivity index (χ3n) is 6.12. The van der Waals surface area contributed by atoms with Gasteiger partial charge in [-0.15, -0.1) is 11.3 Å². The maximum absolute atomic E-state index is 13.5. The second-order valence-electron chi connectivity index (χ2n) is 8.23. The molecule has 2 aliphatic heterocycles. The number of hydrogen-bond acceptors (Lipinski definition) is 7. The molecule has 1 saturated heterocycles. The van der Waals surface area contributed by atoms with E-state index in [2.05, 4.69) is 10.00 Å². The van der Waals surface area contributed by atoms with Gasteiger partial charge in [0.2, 0.25) is 5.91 Å². The van der Waals surface area contributed by atoms with Crippen LogP contribution < -0.4 is 5.73 Å². The van der Waals surface area contributed by atoms with Crippen LogP contribution >= 0.6 is 11.3 Å². The van der Waals surface area contributed by atoms with Crippen molar-refractivity contribution in [3.63, 3.8) is 0 Å². The van der Waals surface area contributed by atoms with Gasteiger partial charge in [-0.2, -0.15) is 18.3 Å². The summed E-state index contributed by atoms with van der Waals surface area (Å²) in [5, 5.41) is 23.3. The van der Waals surface area contributed by atoms with Crippen LogP contribution in [-0.2, 0) is 47.4 Å². The number of aliphatic hydroxyl groups excluding tert-OH is 2. The van der Waals surface area contributed by atoms with E-state index in [0.717, 1.165) is 5.56 Å². The van der Waals surface area contributed by atoms with Gasteiger partial charge in [-0.1, -0.05) is 13.8 Å². The summed E-state index contributed by atoms with van der Waals surface area (Å²) < 4.78 is 48.1. The van der Waals surface area contributed by atoms with Crippen LogP contribution in [0.5, 0.6) is 0 Å². The lowest BCUT2D eigenvalue weighted by atomic mass is 9.84. The number of nitrogens with two attached hydrogens (primary N) is 1. The van der Waals surface area contributed by atoms with Crippen LogP contribution in [0, 0.1) is 0 Å². The Hall–Kier alpha value is -1.99. The van der Waals surface area contributed by atoms with Gasteiger partial charge in [-0.05, 0) is 24.8 Å². The van der Waals surface area contributed by atoms with Crippen molar-refractivity contribution in [2.75, 3.05) is 19.7 Å². The normalized spacial score (nSPS) is 18.8. The number of rotatable bonds is 6. The van der Waals surface area contributed by atoms with Crippen molar-refractivity contribution >= 4 is 17.2 Å². The highest BCUT2D eigenvalue weighted by Crippen LogP contribution is 2.50. The summed E-state index contributed by atoms with van der Waals surface area (Å²) in [6.07, 6.45) is -0.950. The largest absolute Gasteiger partial charge is 0.425 e. The lowest BCUT2D eigenvalue weighted by molar-refractivity contribution is -0.135. The third-order valence-corrected chi connectivity index (χ3v) is 7.63. The number of aliphatic hydroxyl groups is 2. The number of thiophene rings is 1. The maximum Gasteiger partial charge on any atom is 0.425 e. The summed E-state index contributed by atoms with van der Waals surface area (Å²) in [5.41, 5.74) is 5.79. The molecule has 1 amide bonds. The molecule has 12 heteroatoms. The summed E-state index contributed by atoms with van der Waals surface area (Å²) in [7, 11) is 0. The fraction of sp³-hybridized carbons (Fsp3) is 0.636. The average molecular weight is 505 g/mol. The number of fused-ring (bicyclic) bond motifs is 2. The Bertz CT molecular complexity index is 983. The van der Waals surface area contributed by atoms with Crippen molar-refractivity contribution in [3.05, 3.63) is 38.8 Å². The van der Waals surface area contributed by atoms with Crippen molar-refractivity contribution in [2.45, 2.75) is 70.7 Å². The van der Waals surface area contributed by atoms with E-state index in [1.165, 1.54) is 4.68 Å². The Kier molecular flexibility index (Phi) is 8.40. The summed E-state index contributed by atoms with van der Waals surface area (Å²) in [4.78, 5) is 13.0. The highest BCUT2D eigenvalue weighted by Gasteiger charge is 2.47. The first-order chi connectivity index (χ1) is 16.1. The molecule has 4 N–H and O–H groups in total. The molecule has 4 heterocycles. The number of alkyl halides is 3. The highest BCUT2D eigenvalue weighted by molar-refractivity contribution is 7.12. The van der Waals surface area contributed by atoms with Gasteiger partial charge in [0.05, 0.1) is 26.0 Å². The number of hydrogen-bond donors (Lipinski definition) is 3. The minimum atomic E-state index is -4.50. The zero-order chi connectivity index (χ0) is 25.1. The van der Waals surface area contributed by atoms with Gasteiger partial charge in [-0.25, -0.2) is 0 Å². The fourth-order valence-electron chi connectivity index (χ4n) is 4.50. The zero-order valence-electron chi connectivity index (χ0n) is 19.3. The number of halogens is 3. The Balaban J connectivity index is 0.00000158. The predicted octanol–water partition coefficient (Wildman–Crippen LogP) is 2.39. The number of amides is 1. The standard InChI is InChI=1S/C20H25F3N4O4S.C2H6/c21-20(22,23)17-14(11-28)13-1-6-31-19(16(13)32-17)2-4-26(5-3-19)8-12-7-25-27(9-12)10-15(29)18(24)30;1-2/h7,9,15,28-29H,1-6,8,10-11H2,(H2,24,30);1-2H3. The van der Waals surface area contributed by atoms with E-state index in [-0.39, 0.29) is 12.1 Å². The minimum absolute atomic E-state index is 0.00633. The molecular formula is C22H31F3N4O4S. The number of aromatic nitrogens is 2. The number of primary amides is 1. The number of carbonyl (C=O) groups excluding carboxylic acids is 1. The van der Waals surface area contributed by atoms with Crippen molar-refractivity contribution in [1.82, 2.24) is 14.7 Å². The molecule has 34 heavy (non-hydrogen) atoms. The fourth-order valence-corrected chi connectivity index (χ4v) is 5.93. The first kappa shape index (κ1) is 26.6. The van der Waals surface area contributed by atoms with Gasteiger partial charge in [0.15, 0.2) is 6.10 Å². The summed E-state index contributed by atoms with van der Waals surface area (Å²) in [5.74, 6) is -0.818. The van der Waals surface area contributed by atoms with Gasteiger partial charge in [-0.3, -0.25) is 14.4 Å². The number of ether oxygens (including phenoxy) is 1. The Morgan fingerprint density at radius 2 is 2.03 bits per heavy atom. The monoisotopic (exact) mass is 504 g/mol. The van der Waals surface area contributed by atoms with E-state index in [9.17, 15) is 28.2 Å². The summed E-state index contributed by atoms with van der Waals surface area (Å²) in [6, 6.07) is 0. The van der Waals surface area contributed by atoms with Crippen LogP contribution in [0.25, 0.3) is 0 Å². The first-order valence-corrected chi connectivity index (χ1v) is 12.1. The average Bonchev–Trinajstić information content (AvgIpc) is 3.41. The molecule has 1 fully saturated rings. The summed E-state index contributed by atoms with van der Waals surface area (Å²) >= 11 is 0.712. The Morgan fingerprint density at radius 3 is 2.62 bits per heavy atom. The quantitative estimate of drug-likeness (QED) is 0.557. The Labute approximate surface area is 200 Å². The smallest absolute Gasteiger partial charge is 0.392 e. The van der Waals surface area contributed by atoms with Crippen LogP contribution in [-0.4, -0.2) is 56.6 Å². The maximum atomic E-state index is 13.5. The number of nitrogens with zero attached hydrogens (tertiary/aromatic N) is 3. The molecule has 190 valence electrons. The molecule has 4 rings (SSSR count). The van der Waals surface area contributed by atoms with E-state index in [4.69, 9.17) is 10.5 Å². The van der Waals surface area contributed by atoms with Gasteiger partial charge in [0.25, 0.3) is 0 Å². The molecule has 1 spiro atoms. The van der Waals surface area contributed by atoms with E-state index in [0.29, 0.717) is 67.3 Å². The molecule has 0 bridgehead atoms. The zero-order valence-corrected chi connectivity index (χ0v) is 20.1. The van der Waals surface area contributed by atoms with Crippen molar-refractivity contribution in [1.29, 1.82) is 0 Å². The molecule has 2 aromatic heterocycles. The van der Waals surface area contributed by atoms with Gasteiger partial charge < -0.3 is 20.7 Å². The van der Waals surface area contributed by atoms with Crippen LogP contribution in [0.2, 0.25) is 0 Å². The van der Waals surface area contributed by atoms with Crippen LogP contribution in [0.4, 0.5) is 13.2 Å². The van der Waals surface area contributed by atoms with Gasteiger partial charge >= 0.3 is 6.18 Å². The van der Waals surface area contributed by atoms with Crippen molar-refractivity contribution in [3.8, 4) is 0 Å². The van der Waals surface area contributed by atoms with Crippen molar-refractivity contribution in [2.24, 2.45) is 5.73 Å². The van der Waals surface area contributed by atoms with Crippen LogP contribution in [0.3, 0.4) is 0 Å². The molecule has 0 aromatic carbocycles. The first-order valence-electron chi connectivity index (χ1n) is 11.3. The van der Waals surface area contributed by atoms with Crippen LogP contribution in [0.1, 0.15) is 53.1 Å². The van der Waals surface area contributed by atoms with E-state index < -0.39 is 35.3 Å². The second-order valence-corrected chi connectivity index (χ2v) is 9.25. The molecule has 2 aliphatic rings. The molecule has 0 radical (unpaired) electrons. The second kappa shape index (κ2) is 10.7. The summed E-state index contributed by atoms with van der Waals surface area (Å²) in [6.45, 7) is 5.52. The van der Waals surface area contributed by atoms with Crippen LogP contribution in [0.15, 0.2) is 12.4 Å². The minimum Gasteiger partial charge on any atom is -0.392 e. The molecule has 1 atom stereocenters. The van der Waals surface area contributed by atoms with Gasteiger partial charge in [0, 0.05) is 41.8 Å². The molecule has 0 saturated carbocycles. The Morgan fingerprint density at radius 1 is 1.35 bits per heavy atom. The van der Waals surface area contributed by atoms with E-state index in [1.54, 1.807) is 12.4 Å². The van der Waals surface area contributed by atoms with Crippen molar-refractivity contribution < 1.29 is 32.9 Å². The topological polar surface area (TPSA) is 114 Å². The molecule has 0 aliphatic carbocycles. The van der Waals surface area contributed by atoms with E-state index in [1.807, 2.05) is 13.8 Å². The predicted molar refractivity (Wildman–Crippen MR) is 120 cm³/mol. The number of likely N-dealkylation sites (tertiary alicyclic amines) is 1. The SMILES string of the molecule is CC.NC(=O)C(O)Cn1cc(CN2CCC3(CC2)OCCc2c3sc(C(F)(F)F)c2CO)cn1. The lowest BCUT2D eigenvalue weighted by Crippen LogP contribution is -2.45. The third kappa shape index (κ3) is 5.46. The lowest BCUT2D eigenvalue weighted by Gasteiger charge is -2.43.